The number of hydrogen-bond donors (Lipinski definition) is 2. The molecular weight excluding hydrogens is 349 g/mol. The molecule has 5 nitrogen and oxygen atoms in total. The normalized spacial score (nSPS) is 24.7. The lowest BCUT2D eigenvalue weighted by atomic mass is 9.79. The molecule has 1 saturated carbocycles. The summed E-state index contributed by atoms with van der Waals surface area (Å²) < 4.78 is 39.5. The summed E-state index contributed by atoms with van der Waals surface area (Å²) in [4.78, 5) is 24.0. The Bertz CT molecular complexity index is 641. The predicted molar refractivity (Wildman–Crippen MR) is 88.8 cm³/mol. The van der Waals surface area contributed by atoms with E-state index in [1.807, 2.05) is 0 Å². The Morgan fingerprint density at radius 1 is 1.27 bits per heavy atom. The number of carbonyl (C=O) groups excluding carboxylic acids is 2. The Balaban J connectivity index is 2.23. The first-order valence-corrected chi connectivity index (χ1v) is 8.48. The summed E-state index contributed by atoms with van der Waals surface area (Å²) in [6, 6.07) is 7.06. The number of benzene rings is 1. The Labute approximate surface area is 150 Å². The lowest BCUT2D eigenvalue weighted by Gasteiger charge is -2.43. The molecule has 26 heavy (non-hydrogen) atoms. The molecule has 0 aromatic heterocycles. The Morgan fingerprint density at radius 3 is 2.27 bits per heavy atom. The molecule has 0 aliphatic heterocycles. The quantitative estimate of drug-likeness (QED) is 0.834. The molecule has 8 heteroatoms. The van der Waals surface area contributed by atoms with E-state index in [0.29, 0.717) is 5.56 Å². The summed E-state index contributed by atoms with van der Waals surface area (Å²) in [5.41, 5.74) is 4.41. The lowest BCUT2D eigenvalue weighted by molar-refractivity contribution is -0.192. The summed E-state index contributed by atoms with van der Waals surface area (Å²) in [7, 11) is 0. The second kappa shape index (κ2) is 7.65. The van der Waals surface area contributed by atoms with Crippen molar-refractivity contribution in [2.45, 2.75) is 62.9 Å². The molecule has 1 aliphatic carbocycles. The summed E-state index contributed by atoms with van der Waals surface area (Å²) in [6.45, 7) is 1.56. The van der Waals surface area contributed by atoms with Gasteiger partial charge in [0.2, 0.25) is 5.91 Å². The highest BCUT2D eigenvalue weighted by atomic mass is 19.4. The van der Waals surface area contributed by atoms with E-state index < -0.39 is 35.7 Å². The molecule has 0 bridgehead atoms. The van der Waals surface area contributed by atoms with Gasteiger partial charge in [0.1, 0.15) is 0 Å². The zero-order chi connectivity index (χ0) is 19.5. The SMILES string of the molecule is C[C@@H](c1ccccc1)N(C(=O)C(F)(F)F)C1CCC(O)(CC(N)=O)CC1. The van der Waals surface area contributed by atoms with Crippen LogP contribution in [0, 0.1) is 0 Å². The van der Waals surface area contributed by atoms with Crippen molar-refractivity contribution in [3.8, 4) is 0 Å². The van der Waals surface area contributed by atoms with Crippen LogP contribution in [0.1, 0.15) is 50.6 Å². The largest absolute Gasteiger partial charge is 0.471 e. The van der Waals surface area contributed by atoms with Crippen LogP contribution in [0.5, 0.6) is 0 Å². The summed E-state index contributed by atoms with van der Waals surface area (Å²) in [5.74, 6) is -2.55. The molecule has 144 valence electrons. The Hall–Kier alpha value is -2.09. The molecule has 0 heterocycles. The van der Waals surface area contributed by atoms with E-state index in [2.05, 4.69) is 0 Å². The minimum Gasteiger partial charge on any atom is -0.389 e. The molecule has 0 saturated heterocycles. The average Bonchev–Trinajstić information content (AvgIpc) is 2.56. The third-order valence-electron chi connectivity index (χ3n) is 4.96. The first-order chi connectivity index (χ1) is 12.0. The molecule has 1 aromatic rings. The van der Waals surface area contributed by atoms with Gasteiger partial charge in [-0.1, -0.05) is 30.3 Å². The number of aliphatic hydroxyl groups is 1. The van der Waals surface area contributed by atoms with Crippen molar-refractivity contribution in [3.63, 3.8) is 0 Å². The van der Waals surface area contributed by atoms with Crippen molar-refractivity contribution in [1.82, 2.24) is 4.90 Å². The molecule has 2 rings (SSSR count). The molecule has 1 fully saturated rings. The number of halogens is 3. The van der Waals surface area contributed by atoms with Crippen molar-refractivity contribution in [2.24, 2.45) is 5.73 Å². The van der Waals surface area contributed by atoms with Gasteiger partial charge in [-0.2, -0.15) is 13.2 Å². The van der Waals surface area contributed by atoms with Crippen LogP contribution in [0.2, 0.25) is 0 Å². The first kappa shape index (κ1) is 20.2. The van der Waals surface area contributed by atoms with E-state index in [1.165, 1.54) is 0 Å². The number of nitrogens with two attached hydrogens (primary N) is 1. The van der Waals surface area contributed by atoms with Gasteiger partial charge in [-0.05, 0) is 38.2 Å². The van der Waals surface area contributed by atoms with Gasteiger partial charge in [0.05, 0.1) is 18.1 Å². The fourth-order valence-electron chi connectivity index (χ4n) is 3.62. The van der Waals surface area contributed by atoms with Crippen LogP contribution in [-0.4, -0.2) is 39.6 Å². The number of amides is 2. The van der Waals surface area contributed by atoms with Crippen molar-refractivity contribution in [1.29, 1.82) is 0 Å². The van der Waals surface area contributed by atoms with Gasteiger partial charge in [0, 0.05) is 6.04 Å². The zero-order valence-electron chi connectivity index (χ0n) is 14.5. The number of carbonyl (C=O) groups is 2. The van der Waals surface area contributed by atoms with Crippen LogP contribution in [0.25, 0.3) is 0 Å². The van der Waals surface area contributed by atoms with Gasteiger partial charge in [-0.25, -0.2) is 0 Å². The van der Waals surface area contributed by atoms with E-state index in [1.54, 1.807) is 37.3 Å². The van der Waals surface area contributed by atoms with Crippen LogP contribution in [0.3, 0.4) is 0 Å². The second-order valence-electron chi connectivity index (χ2n) is 6.90. The summed E-state index contributed by atoms with van der Waals surface area (Å²) in [5, 5.41) is 10.4. The zero-order valence-corrected chi connectivity index (χ0v) is 14.5. The number of alkyl halides is 3. The number of rotatable bonds is 5. The van der Waals surface area contributed by atoms with Crippen LogP contribution in [0.15, 0.2) is 30.3 Å². The molecule has 1 atom stereocenters. The van der Waals surface area contributed by atoms with E-state index in [9.17, 15) is 27.9 Å². The maximum Gasteiger partial charge on any atom is 0.471 e. The van der Waals surface area contributed by atoms with Gasteiger partial charge >= 0.3 is 12.1 Å². The molecule has 0 unspecified atom stereocenters. The predicted octanol–water partition coefficient (Wildman–Crippen LogP) is 2.69. The highest BCUT2D eigenvalue weighted by molar-refractivity contribution is 5.82. The maximum atomic E-state index is 13.2. The van der Waals surface area contributed by atoms with Gasteiger partial charge in [-0.15, -0.1) is 0 Å². The van der Waals surface area contributed by atoms with Crippen molar-refractivity contribution < 1.29 is 27.9 Å². The molecule has 1 aliphatic rings. The highest BCUT2D eigenvalue weighted by Gasteiger charge is 2.48. The van der Waals surface area contributed by atoms with Gasteiger partial charge < -0.3 is 15.7 Å². The number of primary amides is 1. The third-order valence-corrected chi connectivity index (χ3v) is 4.96. The fourth-order valence-corrected chi connectivity index (χ4v) is 3.62. The van der Waals surface area contributed by atoms with Crippen molar-refractivity contribution in [3.05, 3.63) is 35.9 Å². The topological polar surface area (TPSA) is 83.6 Å². The fraction of sp³-hybridized carbons (Fsp3) is 0.556. The van der Waals surface area contributed by atoms with E-state index >= 15 is 0 Å². The highest BCUT2D eigenvalue weighted by Crippen LogP contribution is 2.38. The Morgan fingerprint density at radius 2 is 1.81 bits per heavy atom. The molecule has 0 radical (unpaired) electrons. The molecule has 0 spiro atoms. The molecular formula is C18H23F3N2O3. The van der Waals surface area contributed by atoms with Crippen LogP contribution in [-0.2, 0) is 9.59 Å². The van der Waals surface area contributed by atoms with Crippen molar-refractivity contribution >= 4 is 11.8 Å². The molecule has 3 N–H and O–H groups in total. The van der Waals surface area contributed by atoms with E-state index in [-0.39, 0.29) is 32.1 Å². The average molecular weight is 372 g/mol. The second-order valence-corrected chi connectivity index (χ2v) is 6.90. The minimum absolute atomic E-state index is 0.115. The number of nitrogens with zero attached hydrogens (tertiary/aromatic N) is 1. The standard InChI is InChI=1S/C18H23F3N2O3/c1-12(13-5-3-2-4-6-13)23(16(25)18(19,20)21)14-7-9-17(26,10-8-14)11-15(22)24/h2-6,12,14,26H,7-11H2,1H3,(H2,22,24)/t12-,14?,17?/m0/s1. The van der Waals surface area contributed by atoms with Gasteiger partial charge in [0.25, 0.3) is 0 Å². The van der Waals surface area contributed by atoms with Crippen molar-refractivity contribution in [2.75, 3.05) is 0 Å². The smallest absolute Gasteiger partial charge is 0.389 e. The van der Waals surface area contributed by atoms with E-state index in [4.69, 9.17) is 5.73 Å². The van der Waals surface area contributed by atoms with Crippen LogP contribution >= 0.6 is 0 Å². The van der Waals surface area contributed by atoms with E-state index in [0.717, 1.165) is 4.90 Å². The first-order valence-electron chi connectivity index (χ1n) is 8.48. The molecule has 1 aromatic carbocycles. The van der Waals surface area contributed by atoms with Gasteiger partial charge in [0.15, 0.2) is 0 Å². The van der Waals surface area contributed by atoms with Crippen LogP contribution < -0.4 is 5.73 Å². The van der Waals surface area contributed by atoms with Crippen LogP contribution in [0.4, 0.5) is 13.2 Å². The molecule has 2 amide bonds. The monoisotopic (exact) mass is 372 g/mol. The number of hydrogen-bond acceptors (Lipinski definition) is 3. The Kier molecular flexibility index (Phi) is 5.95. The lowest BCUT2D eigenvalue weighted by Crippen LogP contribution is -2.51. The summed E-state index contributed by atoms with van der Waals surface area (Å²) in [6.07, 6.45) is -4.65. The summed E-state index contributed by atoms with van der Waals surface area (Å²) >= 11 is 0. The maximum absolute atomic E-state index is 13.2. The van der Waals surface area contributed by atoms with Gasteiger partial charge in [-0.3, -0.25) is 9.59 Å². The minimum atomic E-state index is -4.98. The third kappa shape index (κ3) is 4.75.